The molecule has 4 fully saturated rings. The Morgan fingerprint density at radius 1 is 0.938 bits per heavy atom. The van der Waals surface area contributed by atoms with Crippen LogP contribution < -0.4 is 9.46 Å². The number of hydrogen-bond donors (Lipinski definition) is 1. The SMILES string of the molecule is COc1ccc(-c2c(C3CCCCC3)c3ccc(C(=O)NS(=O)(=O)N4CCN(C)CC4)cc3n2CC2(C(=O)N3CCOCC3)CC2)cc1. The highest BCUT2D eigenvalue weighted by atomic mass is 32.2. The maximum Gasteiger partial charge on any atom is 0.304 e. The van der Waals surface area contributed by atoms with Gasteiger partial charge in [-0.05, 0) is 86.2 Å². The third kappa shape index (κ3) is 6.47. The number of nitrogens with zero attached hydrogens (tertiary/aromatic N) is 4. The highest BCUT2D eigenvalue weighted by Crippen LogP contribution is 2.52. The summed E-state index contributed by atoms with van der Waals surface area (Å²) >= 11 is 0. The molecule has 2 saturated heterocycles. The largest absolute Gasteiger partial charge is 0.497 e. The van der Waals surface area contributed by atoms with Gasteiger partial charge in [0, 0.05) is 62.3 Å². The van der Waals surface area contributed by atoms with Gasteiger partial charge in [-0.15, -0.1) is 0 Å². The number of morpholine rings is 1. The number of likely N-dealkylation sites (N-methyl/N-ethyl adjacent to an activating group) is 1. The van der Waals surface area contributed by atoms with Gasteiger partial charge in [0.15, 0.2) is 0 Å². The van der Waals surface area contributed by atoms with Crippen molar-refractivity contribution in [2.45, 2.75) is 57.4 Å². The van der Waals surface area contributed by atoms with Crippen molar-refractivity contribution in [2.24, 2.45) is 5.41 Å². The number of methoxy groups -OCH3 is 1. The van der Waals surface area contributed by atoms with Gasteiger partial charge >= 0.3 is 10.2 Å². The molecule has 2 saturated carbocycles. The number of nitrogens with one attached hydrogen (secondary N) is 1. The Bertz CT molecular complexity index is 1760. The predicted octanol–water partition coefficient (Wildman–Crippen LogP) is 4.23. The zero-order valence-electron chi connectivity index (χ0n) is 28.1. The topological polar surface area (TPSA) is 113 Å². The summed E-state index contributed by atoms with van der Waals surface area (Å²) in [6.07, 6.45) is 7.28. The second-order valence-electron chi connectivity index (χ2n) is 14.0. The summed E-state index contributed by atoms with van der Waals surface area (Å²) in [4.78, 5) is 31.7. The molecule has 0 unspecified atom stereocenters. The van der Waals surface area contributed by atoms with E-state index in [0.29, 0.717) is 64.9 Å². The molecule has 48 heavy (non-hydrogen) atoms. The predicted molar refractivity (Wildman–Crippen MR) is 184 cm³/mol. The Morgan fingerprint density at radius 2 is 1.62 bits per heavy atom. The molecular weight excluding hydrogens is 630 g/mol. The van der Waals surface area contributed by atoms with Gasteiger partial charge in [0.05, 0.1) is 31.4 Å². The van der Waals surface area contributed by atoms with E-state index in [1.54, 1.807) is 13.2 Å². The molecule has 2 amide bonds. The van der Waals surface area contributed by atoms with Crippen LogP contribution in [0.25, 0.3) is 22.2 Å². The third-order valence-electron chi connectivity index (χ3n) is 10.8. The van der Waals surface area contributed by atoms with Crippen LogP contribution >= 0.6 is 0 Å². The molecule has 1 aromatic heterocycles. The molecule has 3 heterocycles. The summed E-state index contributed by atoms with van der Waals surface area (Å²) < 4.78 is 43.5. The zero-order chi connectivity index (χ0) is 33.5. The van der Waals surface area contributed by atoms with Gasteiger partial charge in [-0.1, -0.05) is 25.3 Å². The van der Waals surface area contributed by atoms with Crippen LogP contribution in [0.4, 0.5) is 0 Å². The number of hydrogen-bond acceptors (Lipinski definition) is 7. The Kier molecular flexibility index (Phi) is 9.27. The second kappa shape index (κ2) is 13.5. The lowest BCUT2D eigenvalue weighted by Crippen LogP contribution is -2.52. The van der Waals surface area contributed by atoms with E-state index in [1.807, 2.05) is 36.2 Å². The average Bonchev–Trinajstić information content (AvgIpc) is 3.84. The molecule has 1 N–H and O–H groups in total. The molecule has 3 aromatic rings. The van der Waals surface area contributed by atoms with E-state index in [4.69, 9.17) is 9.47 Å². The van der Waals surface area contributed by atoms with E-state index in [-0.39, 0.29) is 11.5 Å². The number of fused-ring (bicyclic) bond motifs is 1. The van der Waals surface area contributed by atoms with Crippen LogP contribution in [-0.4, -0.2) is 106 Å². The molecule has 7 rings (SSSR count). The number of rotatable bonds is 9. The van der Waals surface area contributed by atoms with Crippen molar-refractivity contribution in [1.29, 1.82) is 0 Å². The van der Waals surface area contributed by atoms with Gasteiger partial charge in [-0.2, -0.15) is 12.7 Å². The Morgan fingerprint density at radius 3 is 2.27 bits per heavy atom. The lowest BCUT2D eigenvalue weighted by atomic mass is 9.81. The van der Waals surface area contributed by atoms with E-state index in [0.717, 1.165) is 66.4 Å². The summed E-state index contributed by atoms with van der Waals surface area (Å²) in [6, 6.07) is 13.7. The van der Waals surface area contributed by atoms with Gasteiger partial charge in [-0.25, -0.2) is 4.72 Å². The lowest BCUT2D eigenvalue weighted by molar-refractivity contribution is -0.141. The normalized spacial score (nSPS) is 20.9. The Labute approximate surface area is 283 Å². The van der Waals surface area contributed by atoms with Crippen molar-refractivity contribution in [3.8, 4) is 17.0 Å². The quantitative estimate of drug-likeness (QED) is 0.361. The van der Waals surface area contributed by atoms with Crippen LogP contribution in [0.5, 0.6) is 5.75 Å². The van der Waals surface area contributed by atoms with E-state index >= 15 is 0 Å². The van der Waals surface area contributed by atoms with Crippen molar-refractivity contribution in [2.75, 3.05) is 66.6 Å². The average molecular weight is 678 g/mol. The summed E-state index contributed by atoms with van der Waals surface area (Å²) in [6.45, 7) is 4.65. The van der Waals surface area contributed by atoms with Crippen LogP contribution in [0.3, 0.4) is 0 Å². The summed E-state index contributed by atoms with van der Waals surface area (Å²) in [5, 5.41) is 1.06. The first-order valence-corrected chi connectivity index (χ1v) is 18.8. The highest BCUT2D eigenvalue weighted by Gasteiger charge is 2.52. The maximum atomic E-state index is 14.1. The van der Waals surface area contributed by atoms with Crippen LogP contribution in [0, 0.1) is 5.41 Å². The van der Waals surface area contributed by atoms with Crippen molar-refractivity contribution in [3.63, 3.8) is 0 Å². The van der Waals surface area contributed by atoms with Crippen LogP contribution in [0.2, 0.25) is 0 Å². The third-order valence-corrected chi connectivity index (χ3v) is 12.3. The number of benzene rings is 2. The number of aromatic nitrogens is 1. The van der Waals surface area contributed by atoms with Crippen molar-refractivity contribution >= 4 is 32.9 Å². The van der Waals surface area contributed by atoms with Crippen LogP contribution in [0.15, 0.2) is 42.5 Å². The molecule has 0 bridgehead atoms. The monoisotopic (exact) mass is 677 g/mol. The highest BCUT2D eigenvalue weighted by molar-refractivity contribution is 7.87. The van der Waals surface area contributed by atoms with Gasteiger partial charge < -0.3 is 23.8 Å². The minimum Gasteiger partial charge on any atom is -0.497 e. The first-order chi connectivity index (χ1) is 23.2. The van der Waals surface area contributed by atoms with E-state index in [1.165, 1.54) is 16.3 Å². The maximum absolute atomic E-state index is 14.1. The van der Waals surface area contributed by atoms with Gasteiger partial charge in [0.1, 0.15) is 5.75 Å². The fraction of sp³-hybridized carbons (Fsp3) is 0.556. The molecule has 0 spiro atoms. The van der Waals surface area contributed by atoms with Crippen molar-refractivity contribution in [3.05, 3.63) is 53.6 Å². The molecule has 2 aromatic carbocycles. The molecule has 2 aliphatic heterocycles. The molecule has 4 aliphatic rings. The minimum atomic E-state index is -4.00. The molecule has 11 nitrogen and oxygen atoms in total. The molecule has 258 valence electrons. The Balaban J connectivity index is 1.33. The van der Waals surface area contributed by atoms with Gasteiger partial charge in [0.2, 0.25) is 5.91 Å². The lowest BCUT2D eigenvalue weighted by Gasteiger charge is -2.31. The number of carbonyl (C=O) groups is 2. The first-order valence-electron chi connectivity index (χ1n) is 17.4. The number of ether oxygens (including phenoxy) is 2. The number of piperazine rings is 1. The standard InChI is InChI=1S/C36H47N5O6S/c1-38-16-18-40(19-17-38)48(44,45)37-34(42)28-10-13-30-31(24-28)41(25-36(14-15-36)35(43)39-20-22-47-23-21-39)33(27-8-11-29(46-2)12-9-27)32(30)26-6-4-3-5-7-26/h8-13,24,26H,3-7,14-23,25H2,1-2H3,(H,37,42). The molecule has 12 heteroatoms. The van der Waals surface area contributed by atoms with Gasteiger partial charge in [-0.3, -0.25) is 9.59 Å². The molecule has 2 aliphatic carbocycles. The minimum absolute atomic E-state index is 0.166. The Hall–Kier alpha value is -3.45. The first kappa shape index (κ1) is 33.1. The van der Waals surface area contributed by atoms with Crippen LogP contribution in [0.1, 0.15) is 66.8 Å². The summed E-state index contributed by atoms with van der Waals surface area (Å²) in [7, 11) is -0.392. The number of amides is 2. The molecular formula is C36H47N5O6S. The van der Waals surface area contributed by atoms with E-state index < -0.39 is 21.5 Å². The summed E-state index contributed by atoms with van der Waals surface area (Å²) in [5.41, 5.74) is 3.96. The van der Waals surface area contributed by atoms with Crippen molar-refractivity contribution in [1.82, 2.24) is 23.4 Å². The van der Waals surface area contributed by atoms with E-state index in [2.05, 4.69) is 26.3 Å². The number of carbonyl (C=O) groups excluding carboxylic acids is 2. The molecule has 0 atom stereocenters. The fourth-order valence-corrected chi connectivity index (χ4v) is 8.94. The van der Waals surface area contributed by atoms with Gasteiger partial charge in [0.25, 0.3) is 5.91 Å². The van der Waals surface area contributed by atoms with E-state index in [9.17, 15) is 18.0 Å². The smallest absolute Gasteiger partial charge is 0.304 e. The molecule has 0 radical (unpaired) electrons. The van der Waals surface area contributed by atoms with Crippen LogP contribution in [-0.2, 0) is 26.3 Å². The van der Waals surface area contributed by atoms with Crippen molar-refractivity contribution < 1.29 is 27.5 Å². The zero-order valence-corrected chi connectivity index (χ0v) is 28.9. The second-order valence-corrected chi connectivity index (χ2v) is 15.6. The fourth-order valence-electron chi connectivity index (χ4n) is 7.81. The summed E-state index contributed by atoms with van der Waals surface area (Å²) in [5.74, 6) is 0.614.